The van der Waals surface area contributed by atoms with Gasteiger partial charge in [0, 0.05) is 12.8 Å². The first kappa shape index (κ1) is 14.5. The zero-order valence-electron chi connectivity index (χ0n) is 12.3. The Balaban J connectivity index is 1.97. The minimum Gasteiger partial charge on any atom is -0.299 e. The SMILES string of the molecule is CC(C)CCC(=O)Cc1ccc(-c2ccccc2)cc1. The smallest absolute Gasteiger partial charge is 0.137 e. The predicted molar refractivity (Wildman–Crippen MR) is 84.7 cm³/mol. The van der Waals surface area contributed by atoms with Gasteiger partial charge in [0.05, 0.1) is 0 Å². The van der Waals surface area contributed by atoms with Gasteiger partial charge in [-0.3, -0.25) is 4.79 Å². The summed E-state index contributed by atoms with van der Waals surface area (Å²) in [5.41, 5.74) is 3.52. The van der Waals surface area contributed by atoms with Gasteiger partial charge in [-0.05, 0) is 29.0 Å². The van der Waals surface area contributed by atoms with Crippen LogP contribution in [0.5, 0.6) is 0 Å². The molecule has 0 radical (unpaired) electrons. The summed E-state index contributed by atoms with van der Waals surface area (Å²) in [5, 5.41) is 0. The van der Waals surface area contributed by atoms with E-state index in [1.54, 1.807) is 0 Å². The van der Waals surface area contributed by atoms with Crippen molar-refractivity contribution in [3.63, 3.8) is 0 Å². The van der Waals surface area contributed by atoms with Crippen molar-refractivity contribution >= 4 is 5.78 Å². The molecule has 2 aromatic rings. The first-order chi connectivity index (χ1) is 9.65. The van der Waals surface area contributed by atoms with Crippen molar-refractivity contribution in [1.82, 2.24) is 0 Å². The molecule has 104 valence electrons. The molecular formula is C19H22O. The van der Waals surface area contributed by atoms with Crippen LogP contribution in [0.15, 0.2) is 54.6 Å². The summed E-state index contributed by atoms with van der Waals surface area (Å²) < 4.78 is 0. The van der Waals surface area contributed by atoms with E-state index in [-0.39, 0.29) is 0 Å². The van der Waals surface area contributed by atoms with Gasteiger partial charge < -0.3 is 0 Å². The first-order valence-electron chi connectivity index (χ1n) is 7.31. The number of hydrogen-bond donors (Lipinski definition) is 0. The maximum Gasteiger partial charge on any atom is 0.137 e. The number of carbonyl (C=O) groups excluding carboxylic acids is 1. The van der Waals surface area contributed by atoms with E-state index in [1.165, 1.54) is 11.1 Å². The molecule has 0 amide bonds. The Hall–Kier alpha value is -1.89. The molecule has 0 unspecified atom stereocenters. The van der Waals surface area contributed by atoms with Crippen molar-refractivity contribution in [2.45, 2.75) is 33.1 Å². The third kappa shape index (κ3) is 4.34. The molecule has 0 spiro atoms. The van der Waals surface area contributed by atoms with Crippen molar-refractivity contribution in [3.05, 3.63) is 60.2 Å². The third-order valence-electron chi connectivity index (χ3n) is 3.46. The molecule has 0 heterocycles. The molecule has 20 heavy (non-hydrogen) atoms. The Morgan fingerprint density at radius 2 is 1.50 bits per heavy atom. The van der Waals surface area contributed by atoms with Crippen LogP contribution in [-0.4, -0.2) is 5.78 Å². The van der Waals surface area contributed by atoms with Gasteiger partial charge >= 0.3 is 0 Å². The molecule has 0 N–H and O–H groups in total. The lowest BCUT2D eigenvalue weighted by molar-refractivity contribution is -0.118. The van der Waals surface area contributed by atoms with Crippen LogP contribution in [0.4, 0.5) is 0 Å². The molecule has 1 nitrogen and oxygen atoms in total. The fourth-order valence-electron chi connectivity index (χ4n) is 2.21. The lowest BCUT2D eigenvalue weighted by atomic mass is 9.99. The molecule has 0 aromatic heterocycles. The van der Waals surface area contributed by atoms with E-state index in [2.05, 4.69) is 50.2 Å². The van der Waals surface area contributed by atoms with Crippen molar-refractivity contribution in [3.8, 4) is 11.1 Å². The van der Waals surface area contributed by atoms with Crippen LogP contribution in [0.1, 0.15) is 32.3 Å². The normalized spacial score (nSPS) is 10.8. The molecule has 0 fully saturated rings. The first-order valence-corrected chi connectivity index (χ1v) is 7.31. The number of ketones is 1. The zero-order chi connectivity index (χ0) is 14.4. The fourth-order valence-corrected chi connectivity index (χ4v) is 2.21. The lowest BCUT2D eigenvalue weighted by Crippen LogP contribution is -2.04. The van der Waals surface area contributed by atoms with Crippen molar-refractivity contribution in [1.29, 1.82) is 0 Å². The molecule has 0 atom stereocenters. The topological polar surface area (TPSA) is 17.1 Å². The summed E-state index contributed by atoms with van der Waals surface area (Å²) in [7, 11) is 0. The Kier molecular flexibility index (Phi) is 5.11. The molecule has 0 aliphatic rings. The van der Waals surface area contributed by atoms with Gasteiger partial charge in [-0.25, -0.2) is 0 Å². The summed E-state index contributed by atoms with van der Waals surface area (Å²) in [6.07, 6.45) is 2.24. The van der Waals surface area contributed by atoms with Gasteiger partial charge in [0.25, 0.3) is 0 Å². The summed E-state index contributed by atoms with van der Waals surface area (Å²) in [4.78, 5) is 11.9. The molecule has 0 aliphatic carbocycles. The average molecular weight is 266 g/mol. The molecule has 1 heteroatoms. The second-order valence-electron chi connectivity index (χ2n) is 5.71. The standard InChI is InChI=1S/C19H22O/c1-15(2)8-13-19(20)14-16-9-11-18(12-10-16)17-6-4-3-5-7-17/h3-7,9-12,15H,8,13-14H2,1-2H3. The Morgan fingerprint density at radius 1 is 0.900 bits per heavy atom. The van der Waals surface area contributed by atoms with Gasteiger partial charge in [-0.15, -0.1) is 0 Å². The van der Waals surface area contributed by atoms with Crippen LogP contribution < -0.4 is 0 Å². The largest absolute Gasteiger partial charge is 0.299 e. The molecule has 2 aromatic carbocycles. The monoisotopic (exact) mass is 266 g/mol. The number of rotatable bonds is 6. The van der Waals surface area contributed by atoms with Crippen molar-refractivity contribution < 1.29 is 4.79 Å². The van der Waals surface area contributed by atoms with Gasteiger partial charge in [-0.1, -0.05) is 68.4 Å². The predicted octanol–water partition coefficient (Wildman–Crippen LogP) is 4.90. The van der Waals surface area contributed by atoms with Crippen LogP contribution in [0.2, 0.25) is 0 Å². The second-order valence-corrected chi connectivity index (χ2v) is 5.71. The third-order valence-corrected chi connectivity index (χ3v) is 3.46. The van der Waals surface area contributed by atoms with E-state index in [9.17, 15) is 4.79 Å². The molecular weight excluding hydrogens is 244 g/mol. The Labute approximate surface area is 121 Å². The molecule has 0 saturated heterocycles. The summed E-state index contributed by atoms with van der Waals surface area (Å²) >= 11 is 0. The zero-order valence-corrected chi connectivity index (χ0v) is 12.3. The number of carbonyl (C=O) groups is 1. The summed E-state index contributed by atoms with van der Waals surface area (Å²) in [5.74, 6) is 0.936. The number of Topliss-reactive ketones (excluding diaryl/α,β-unsaturated/α-hetero) is 1. The number of benzene rings is 2. The second kappa shape index (κ2) is 7.04. The van der Waals surface area contributed by atoms with Gasteiger partial charge in [0.15, 0.2) is 0 Å². The molecule has 0 saturated carbocycles. The van der Waals surface area contributed by atoms with Gasteiger partial charge in [0.1, 0.15) is 5.78 Å². The van der Waals surface area contributed by atoms with Crippen LogP contribution in [-0.2, 0) is 11.2 Å². The van der Waals surface area contributed by atoms with E-state index in [0.717, 1.165) is 12.0 Å². The van der Waals surface area contributed by atoms with E-state index < -0.39 is 0 Å². The van der Waals surface area contributed by atoms with Crippen molar-refractivity contribution in [2.75, 3.05) is 0 Å². The molecule has 0 aliphatic heterocycles. The van der Waals surface area contributed by atoms with Crippen LogP contribution in [0.25, 0.3) is 11.1 Å². The molecule has 0 bridgehead atoms. The maximum atomic E-state index is 11.9. The summed E-state index contributed by atoms with van der Waals surface area (Å²) in [6, 6.07) is 18.6. The highest BCUT2D eigenvalue weighted by molar-refractivity contribution is 5.81. The Bertz CT molecular complexity index is 538. The quantitative estimate of drug-likeness (QED) is 0.726. The fraction of sp³-hybridized carbons (Fsp3) is 0.316. The summed E-state index contributed by atoms with van der Waals surface area (Å²) in [6.45, 7) is 4.31. The van der Waals surface area contributed by atoms with Crippen LogP contribution >= 0.6 is 0 Å². The highest BCUT2D eigenvalue weighted by Crippen LogP contribution is 2.19. The van der Waals surface area contributed by atoms with E-state index in [1.807, 2.05) is 18.2 Å². The van der Waals surface area contributed by atoms with Crippen LogP contribution in [0.3, 0.4) is 0 Å². The molecule has 2 rings (SSSR count). The van der Waals surface area contributed by atoms with Gasteiger partial charge in [0.2, 0.25) is 0 Å². The number of hydrogen-bond acceptors (Lipinski definition) is 1. The maximum absolute atomic E-state index is 11.9. The lowest BCUT2D eigenvalue weighted by Gasteiger charge is -2.06. The van der Waals surface area contributed by atoms with E-state index >= 15 is 0 Å². The average Bonchev–Trinajstić information content (AvgIpc) is 2.47. The van der Waals surface area contributed by atoms with Crippen molar-refractivity contribution in [2.24, 2.45) is 5.92 Å². The minimum absolute atomic E-state index is 0.339. The highest BCUT2D eigenvalue weighted by Gasteiger charge is 2.05. The van der Waals surface area contributed by atoms with E-state index in [4.69, 9.17) is 0 Å². The van der Waals surface area contributed by atoms with Gasteiger partial charge in [-0.2, -0.15) is 0 Å². The highest BCUT2D eigenvalue weighted by atomic mass is 16.1. The van der Waals surface area contributed by atoms with E-state index in [0.29, 0.717) is 24.5 Å². The van der Waals surface area contributed by atoms with Crippen LogP contribution in [0, 0.1) is 5.92 Å². The Morgan fingerprint density at radius 3 is 2.10 bits per heavy atom. The minimum atomic E-state index is 0.339.